The van der Waals surface area contributed by atoms with Gasteiger partial charge in [-0.1, -0.05) is 61.9 Å². The zero-order chi connectivity index (χ0) is 21.7. The van der Waals surface area contributed by atoms with Crippen molar-refractivity contribution in [3.8, 4) is 0 Å². The largest absolute Gasteiger partial charge is 0.399 e. The molecule has 1 heterocycles. The number of nitrogen functional groups attached to an aromatic ring is 1. The van der Waals surface area contributed by atoms with E-state index in [-0.39, 0.29) is 0 Å². The van der Waals surface area contributed by atoms with Crippen LogP contribution in [0.1, 0.15) is 60.7 Å². The summed E-state index contributed by atoms with van der Waals surface area (Å²) in [4.78, 5) is 4.77. The SMILES string of the molecule is CCCCc1ccc(CCCCSCc2cccc(/C=C/c3cccc(N)c3)n2)cc1. The van der Waals surface area contributed by atoms with Crippen molar-refractivity contribution in [1.82, 2.24) is 4.98 Å². The van der Waals surface area contributed by atoms with Crippen molar-refractivity contribution >= 4 is 29.6 Å². The molecule has 31 heavy (non-hydrogen) atoms. The number of hydrogen-bond acceptors (Lipinski definition) is 3. The van der Waals surface area contributed by atoms with Crippen molar-refractivity contribution < 1.29 is 0 Å². The minimum absolute atomic E-state index is 0.782. The summed E-state index contributed by atoms with van der Waals surface area (Å²) in [6, 6.07) is 23.4. The molecule has 0 bridgehead atoms. The number of hydrogen-bond donors (Lipinski definition) is 1. The number of aromatic nitrogens is 1. The monoisotopic (exact) mass is 430 g/mol. The normalized spacial score (nSPS) is 11.3. The van der Waals surface area contributed by atoms with Crippen molar-refractivity contribution in [2.24, 2.45) is 0 Å². The van der Waals surface area contributed by atoms with E-state index in [1.54, 1.807) is 0 Å². The highest BCUT2D eigenvalue weighted by Gasteiger charge is 1.99. The van der Waals surface area contributed by atoms with E-state index in [4.69, 9.17) is 10.7 Å². The molecule has 0 radical (unpaired) electrons. The molecule has 3 rings (SSSR count). The van der Waals surface area contributed by atoms with Crippen molar-refractivity contribution in [2.45, 2.75) is 51.2 Å². The van der Waals surface area contributed by atoms with E-state index in [1.807, 2.05) is 42.1 Å². The van der Waals surface area contributed by atoms with Crippen LogP contribution < -0.4 is 5.73 Å². The third-order valence-electron chi connectivity index (χ3n) is 5.28. The van der Waals surface area contributed by atoms with E-state index < -0.39 is 0 Å². The van der Waals surface area contributed by atoms with Crippen molar-refractivity contribution in [1.29, 1.82) is 0 Å². The maximum atomic E-state index is 5.84. The summed E-state index contributed by atoms with van der Waals surface area (Å²) in [6.07, 6.45) is 11.5. The van der Waals surface area contributed by atoms with Gasteiger partial charge in [0.05, 0.1) is 11.4 Å². The second kappa shape index (κ2) is 13.0. The van der Waals surface area contributed by atoms with E-state index in [0.29, 0.717) is 0 Å². The molecule has 0 saturated heterocycles. The lowest BCUT2D eigenvalue weighted by Crippen LogP contribution is -1.92. The number of benzene rings is 2. The standard InChI is InChI=1S/C28H34N2S/c1-2-3-8-23-14-16-24(17-15-23)9-4-5-20-31-22-28-13-7-12-27(30-28)19-18-25-10-6-11-26(29)21-25/h6-7,10-19,21H,2-5,8-9,20,22,29H2,1H3/b19-18+. The lowest BCUT2D eigenvalue weighted by molar-refractivity contribution is 0.788. The maximum absolute atomic E-state index is 5.84. The third kappa shape index (κ3) is 8.63. The number of aryl methyl sites for hydroxylation is 2. The molecule has 162 valence electrons. The Labute approximate surface area is 192 Å². The summed E-state index contributed by atoms with van der Waals surface area (Å²) in [7, 11) is 0. The number of rotatable bonds is 12. The molecular formula is C28H34N2S. The van der Waals surface area contributed by atoms with E-state index in [0.717, 1.165) is 28.4 Å². The van der Waals surface area contributed by atoms with Crippen LogP contribution in [0, 0.1) is 0 Å². The molecule has 2 nitrogen and oxygen atoms in total. The number of anilines is 1. The summed E-state index contributed by atoms with van der Waals surface area (Å²) < 4.78 is 0. The summed E-state index contributed by atoms with van der Waals surface area (Å²) in [5.41, 5.74) is 12.8. The van der Waals surface area contributed by atoms with Crippen LogP contribution in [0.25, 0.3) is 12.2 Å². The van der Waals surface area contributed by atoms with E-state index >= 15 is 0 Å². The number of nitrogens with zero attached hydrogens (tertiary/aromatic N) is 1. The van der Waals surface area contributed by atoms with Crippen molar-refractivity contribution in [3.05, 3.63) is 94.8 Å². The topological polar surface area (TPSA) is 38.9 Å². The van der Waals surface area contributed by atoms with Gasteiger partial charge in [0.1, 0.15) is 0 Å². The van der Waals surface area contributed by atoms with Crippen LogP contribution in [-0.4, -0.2) is 10.7 Å². The van der Waals surface area contributed by atoms with Gasteiger partial charge >= 0.3 is 0 Å². The van der Waals surface area contributed by atoms with Gasteiger partial charge in [0.25, 0.3) is 0 Å². The first-order valence-electron chi connectivity index (χ1n) is 11.4. The van der Waals surface area contributed by atoms with Gasteiger partial charge in [-0.3, -0.25) is 4.98 Å². The second-order valence-corrected chi connectivity index (χ2v) is 9.09. The Kier molecular flexibility index (Phi) is 9.72. The third-order valence-corrected chi connectivity index (χ3v) is 6.36. The Morgan fingerprint density at radius 2 is 1.58 bits per heavy atom. The lowest BCUT2D eigenvalue weighted by Gasteiger charge is -2.05. The van der Waals surface area contributed by atoms with Gasteiger partial charge < -0.3 is 5.73 Å². The first kappa shape index (κ1) is 23.1. The first-order chi connectivity index (χ1) is 15.2. The Balaban J connectivity index is 1.35. The van der Waals surface area contributed by atoms with E-state index in [1.165, 1.54) is 55.4 Å². The van der Waals surface area contributed by atoms with Crippen LogP contribution in [0.2, 0.25) is 0 Å². The van der Waals surface area contributed by atoms with Crippen LogP contribution in [0.3, 0.4) is 0 Å². The number of unbranched alkanes of at least 4 members (excludes halogenated alkanes) is 2. The minimum Gasteiger partial charge on any atom is -0.399 e. The Morgan fingerprint density at radius 3 is 2.32 bits per heavy atom. The molecule has 0 aliphatic rings. The molecular weight excluding hydrogens is 396 g/mol. The molecule has 0 aliphatic heterocycles. The van der Waals surface area contributed by atoms with Crippen LogP contribution in [0.5, 0.6) is 0 Å². The zero-order valence-corrected chi connectivity index (χ0v) is 19.4. The maximum Gasteiger partial charge on any atom is 0.0633 e. The first-order valence-corrected chi connectivity index (χ1v) is 12.5. The summed E-state index contributed by atoms with van der Waals surface area (Å²) in [6.45, 7) is 2.25. The molecule has 0 fully saturated rings. The van der Waals surface area contributed by atoms with Crippen LogP contribution >= 0.6 is 11.8 Å². The van der Waals surface area contributed by atoms with E-state index in [9.17, 15) is 0 Å². The van der Waals surface area contributed by atoms with Crippen LogP contribution in [0.15, 0.2) is 66.7 Å². The van der Waals surface area contributed by atoms with Gasteiger partial charge in [0, 0.05) is 11.4 Å². The molecule has 2 aromatic carbocycles. The fourth-order valence-corrected chi connectivity index (χ4v) is 4.40. The van der Waals surface area contributed by atoms with Gasteiger partial charge in [-0.25, -0.2) is 0 Å². The minimum atomic E-state index is 0.782. The summed E-state index contributed by atoms with van der Waals surface area (Å²) in [5.74, 6) is 2.14. The molecule has 1 aromatic heterocycles. The molecule has 0 spiro atoms. The zero-order valence-electron chi connectivity index (χ0n) is 18.6. The molecule has 0 aliphatic carbocycles. The Hall–Kier alpha value is -2.52. The summed E-state index contributed by atoms with van der Waals surface area (Å²) in [5, 5.41) is 0. The number of nitrogens with two attached hydrogens (primary N) is 1. The quantitative estimate of drug-likeness (QED) is 0.240. The van der Waals surface area contributed by atoms with Crippen molar-refractivity contribution in [3.63, 3.8) is 0 Å². The molecule has 2 N–H and O–H groups in total. The molecule has 0 amide bonds. The Morgan fingerprint density at radius 1 is 0.839 bits per heavy atom. The predicted octanol–water partition coefficient (Wildman–Crippen LogP) is 7.43. The molecule has 3 aromatic rings. The second-order valence-electron chi connectivity index (χ2n) is 7.99. The van der Waals surface area contributed by atoms with Crippen LogP contribution in [0.4, 0.5) is 5.69 Å². The average molecular weight is 431 g/mol. The van der Waals surface area contributed by atoms with E-state index in [2.05, 4.69) is 55.5 Å². The van der Waals surface area contributed by atoms with Gasteiger partial charge in [0.2, 0.25) is 0 Å². The van der Waals surface area contributed by atoms with Gasteiger partial charge in [-0.15, -0.1) is 0 Å². The molecule has 3 heteroatoms. The highest BCUT2D eigenvalue weighted by Crippen LogP contribution is 2.16. The summed E-state index contributed by atoms with van der Waals surface area (Å²) >= 11 is 1.98. The number of pyridine rings is 1. The van der Waals surface area contributed by atoms with Gasteiger partial charge in [0.15, 0.2) is 0 Å². The molecule has 0 atom stereocenters. The fourth-order valence-electron chi connectivity index (χ4n) is 3.48. The molecule has 0 saturated carbocycles. The average Bonchev–Trinajstić information content (AvgIpc) is 2.80. The smallest absolute Gasteiger partial charge is 0.0633 e. The highest BCUT2D eigenvalue weighted by molar-refractivity contribution is 7.98. The Bertz CT molecular complexity index is 947. The van der Waals surface area contributed by atoms with Gasteiger partial charge in [-0.05, 0) is 84.9 Å². The fraction of sp³-hybridized carbons (Fsp3) is 0.321. The highest BCUT2D eigenvalue weighted by atomic mass is 32.2. The lowest BCUT2D eigenvalue weighted by atomic mass is 10.0. The predicted molar refractivity (Wildman–Crippen MR) is 138 cm³/mol. The van der Waals surface area contributed by atoms with Crippen LogP contribution in [-0.2, 0) is 18.6 Å². The molecule has 0 unspecified atom stereocenters. The van der Waals surface area contributed by atoms with Crippen molar-refractivity contribution in [2.75, 3.05) is 11.5 Å². The number of thioether (sulfide) groups is 1. The van der Waals surface area contributed by atoms with Gasteiger partial charge in [-0.2, -0.15) is 11.8 Å².